The van der Waals surface area contributed by atoms with Crippen molar-refractivity contribution >= 4 is 24.2 Å². The second kappa shape index (κ2) is 14.9. The van der Waals surface area contributed by atoms with E-state index in [4.69, 9.17) is 19.0 Å². The fourth-order valence-corrected chi connectivity index (χ4v) is 6.66. The Hall–Kier alpha value is -4.27. The van der Waals surface area contributed by atoms with Gasteiger partial charge in [-0.2, -0.15) is 13.2 Å². The molecule has 0 bridgehead atoms. The molecule has 5 rings (SSSR count). The van der Waals surface area contributed by atoms with Gasteiger partial charge >= 0.3 is 24.1 Å². The van der Waals surface area contributed by atoms with Crippen LogP contribution in [-0.4, -0.2) is 81.9 Å². The smallest absolute Gasteiger partial charge is 0.446 e. The fourth-order valence-electron chi connectivity index (χ4n) is 6.66. The highest BCUT2D eigenvalue weighted by atomic mass is 19.4. The lowest BCUT2D eigenvalue weighted by molar-refractivity contribution is -0.166. The second-order valence-corrected chi connectivity index (χ2v) is 11.8. The van der Waals surface area contributed by atoms with Crippen LogP contribution in [0, 0.1) is 6.92 Å². The SMILES string of the molecule is C.Cc1ccc(CO)c2c1[C@]13CCN(C)[C@H](C)[C@]1(O)CC=C(OC(=O)CCC(=O)O[C@H](C(=O)O)c1ccccc1)[C@@H]3O2.O=CC(F)(F)F. The van der Waals surface area contributed by atoms with E-state index in [1.54, 1.807) is 42.5 Å². The summed E-state index contributed by atoms with van der Waals surface area (Å²) in [7, 11) is 1.96. The molecule has 0 unspecified atom stereocenters. The van der Waals surface area contributed by atoms with Crippen molar-refractivity contribution in [1.29, 1.82) is 0 Å². The van der Waals surface area contributed by atoms with Crippen LogP contribution >= 0.6 is 0 Å². The summed E-state index contributed by atoms with van der Waals surface area (Å²) < 4.78 is 48.6. The zero-order valence-corrected chi connectivity index (χ0v) is 26.0. The summed E-state index contributed by atoms with van der Waals surface area (Å²) in [6.07, 6.45) is -6.30. The number of ether oxygens (including phenoxy) is 3. The zero-order chi connectivity index (χ0) is 34.7. The number of aldehydes is 1. The number of carbonyl (C=O) groups is 4. The molecule has 0 amide bonds. The molecule has 1 aliphatic carbocycles. The number of nitrogens with zero attached hydrogens (tertiary/aromatic N) is 1. The molecule has 1 spiro atoms. The van der Waals surface area contributed by atoms with Crippen LogP contribution in [0.25, 0.3) is 0 Å². The minimum absolute atomic E-state index is 0. The van der Waals surface area contributed by atoms with Crippen molar-refractivity contribution in [3.8, 4) is 5.75 Å². The van der Waals surface area contributed by atoms with Gasteiger partial charge < -0.3 is 34.4 Å². The Morgan fingerprint density at radius 3 is 2.33 bits per heavy atom. The molecule has 0 radical (unpaired) electrons. The quantitative estimate of drug-likeness (QED) is 0.270. The number of carbonyl (C=O) groups excluding carboxylic acids is 3. The number of alkyl halides is 3. The van der Waals surface area contributed by atoms with Crippen molar-refractivity contribution in [3.63, 3.8) is 0 Å². The van der Waals surface area contributed by atoms with Gasteiger partial charge in [0.05, 0.1) is 30.5 Å². The highest BCUT2D eigenvalue weighted by molar-refractivity contribution is 5.82. The molecule has 48 heavy (non-hydrogen) atoms. The largest absolute Gasteiger partial charge is 0.481 e. The molecule has 2 heterocycles. The van der Waals surface area contributed by atoms with E-state index >= 15 is 0 Å². The van der Waals surface area contributed by atoms with Crippen LogP contribution in [0.5, 0.6) is 5.75 Å². The molecule has 2 aliphatic heterocycles. The van der Waals surface area contributed by atoms with Gasteiger partial charge in [-0.25, -0.2) is 4.79 Å². The first-order valence-corrected chi connectivity index (χ1v) is 14.8. The number of aryl methyl sites for hydroxylation is 1. The summed E-state index contributed by atoms with van der Waals surface area (Å²) >= 11 is 0. The van der Waals surface area contributed by atoms with E-state index in [1.165, 1.54) is 0 Å². The average molecular weight is 680 g/mol. The first-order chi connectivity index (χ1) is 22.1. The number of esters is 2. The summed E-state index contributed by atoms with van der Waals surface area (Å²) in [4.78, 5) is 47.9. The number of hydrogen-bond donors (Lipinski definition) is 3. The number of rotatable bonds is 8. The van der Waals surface area contributed by atoms with Crippen LogP contribution < -0.4 is 4.74 Å². The van der Waals surface area contributed by atoms with Crippen LogP contribution in [0.1, 0.15) is 68.4 Å². The lowest BCUT2D eigenvalue weighted by atomic mass is 9.54. The van der Waals surface area contributed by atoms with Crippen molar-refractivity contribution in [2.75, 3.05) is 13.6 Å². The minimum atomic E-state index is -4.64. The molecule has 0 aromatic heterocycles. The second-order valence-electron chi connectivity index (χ2n) is 11.8. The molecule has 11 nitrogen and oxygen atoms in total. The van der Waals surface area contributed by atoms with E-state index in [0.717, 1.165) is 11.1 Å². The van der Waals surface area contributed by atoms with Crippen molar-refractivity contribution in [2.45, 2.75) is 89.0 Å². The molecule has 3 N–H and O–H groups in total. The van der Waals surface area contributed by atoms with E-state index in [2.05, 4.69) is 4.90 Å². The molecule has 1 fully saturated rings. The maximum absolute atomic E-state index is 13.0. The minimum Gasteiger partial charge on any atom is -0.481 e. The Kier molecular flexibility index (Phi) is 11.8. The zero-order valence-electron chi connectivity index (χ0n) is 26.0. The van der Waals surface area contributed by atoms with E-state index in [9.17, 15) is 42.9 Å². The molecule has 2 aromatic rings. The highest BCUT2D eigenvalue weighted by Gasteiger charge is 2.69. The summed E-state index contributed by atoms with van der Waals surface area (Å²) in [5.41, 5.74) is 0.473. The van der Waals surface area contributed by atoms with Gasteiger partial charge in [-0.15, -0.1) is 0 Å². The van der Waals surface area contributed by atoms with Crippen molar-refractivity contribution in [2.24, 2.45) is 0 Å². The fraction of sp³-hybridized carbons (Fsp3) is 0.471. The third-order valence-electron chi connectivity index (χ3n) is 9.08. The van der Waals surface area contributed by atoms with Gasteiger partial charge in [0, 0.05) is 29.2 Å². The summed E-state index contributed by atoms with van der Waals surface area (Å²) in [6.45, 7) is 4.34. The number of aliphatic hydroxyl groups is 2. The first kappa shape index (κ1) is 38.2. The molecule has 14 heteroatoms. The third kappa shape index (κ3) is 7.25. The number of benzene rings is 2. The molecule has 0 saturated carbocycles. The van der Waals surface area contributed by atoms with Gasteiger partial charge in [0.2, 0.25) is 12.4 Å². The number of carboxylic acid groups (broad SMARTS) is 1. The molecule has 262 valence electrons. The maximum Gasteiger partial charge on any atom is 0.446 e. The Morgan fingerprint density at radius 1 is 1.12 bits per heavy atom. The molecule has 3 aliphatic rings. The molecular weight excluding hydrogens is 639 g/mol. The Labute approximate surface area is 275 Å². The van der Waals surface area contributed by atoms with Crippen LogP contribution in [0.3, 0.4) is 0 Å². The van der Waals surface area contributed by atoms with Crippen LogP contribution in [0.4, 0.5) is 13.2 Å². The van der Waals surface area contributed by atoms with E-state index < -0.39 is 53.6 Å². The van der Waals surface area contributed by atoms with E-state index in [1.807, 2.05) is 27.0 Å². The van der Waals surface area contributed by atoms with Crippen LogP contribution in [0.2, 0.25) is 0 Å². The van der Waals surface area contributed by atoms with Gasteiger partial charge in [-0.1, -0.05) is 49.9 Å². The highest BCUT2D eigenvalue weighted by Crippen LogP contribution is 2.61. The topological polar surface area (TPSA) is 160 Å². The number of fused-ring (bicyclic) bond motifs is 1. The number of likely N-dealkylation sites (tertiary alicyclic amines) is 1. The van der Waals surface area contributed by atoms with Gasteiger partial charge in [0.1, 0.15) is 11.5 Å². The number of carboxylic acids is 1. The molecule has 2 aromatic carbocycles. The first-order valence-electron chi connectivity index (χ1n) is 14.8. The van der Waals surface area contributed by atoms with Crippen molar-refractivity contribution in [3.05, 3.63) is 76.6 Å². The molecule has 5 atom stereocenters. The lowest BCUT2D eigenvalue weighted by Gasteiger charge is -2.58. The number of hydrogen-bond acceptors (Lipinski definition) is 10. The predicted molar refractivity (Wildman–Crippen MR) is 165 cm³/mol. The van der Waals surface area contributed by atoms with Gasteiger partial charge in [0.15, 0.2) is 6.10 Å². The summed E-state index contributed by atoms with van der Waals surface area (Å²) in [5, 5.41) is 31.9. The molecular formula is C34H40F3NO10. The normalized spacial score (nSPS) is 24.8. The lowest BCUT2D eigenvalue weighted by Crippen LogP contribution is -2.71. The Morgan fingerprint density at radius 2 is 1.75 bits per heavy atom. The monoisotopic (exact) mass is 679 g/mol. The number of halogens is 3. The predicted octanol–water partition coefficient (Wildman–Crippen LogP) is 4.31. The summed E-state index contributed by atoms with van der Waals surface area (Å²) in [5.74, 6) is -2.13. The third-order valence-corrected chi connectivity index (χ3v) is 9.08. The van der Waals surface area contributed by atoms with E-state index in [0.29, 0.717) is 29.8 Å². The van der Waals surface area contributed by atoms with Crippen molar-refractivity contribution < 1.29 is 61.9 Å². The van der Waals surface area contributed by atoms with Gasteiger partial charge in [-0.05, 0) is 45.5 Å². The number of likely N-dealkylation sites (N-methyl/N-ethyl adjacent to an activating group) is 1. The number of aliphatic carboxylic acids is 1. The van der Waals surface area contributed by atoms with Gasteiger partial charge in [-0.3, -0.25) is 14.4 Å². The molecule has 1 saturated heterocycles. The summed E-state index contributed by atoms with van der Waals surface area (Å²) in [6, 6.07) is 11.5. The average Bonchev–Trinajstić information content (AvgIpc) is 3.40. The van der Waals surface area contributed by atoms with E-state index in [-0.39, 0.29) is 45.1 Å². The standard InChI is InChI=1S/C31H35NO9.C2HF3O.CH4/c1-18-9-10-21(17-33)26-25(18)30-15-16-32(3)19(2)31(30,38)14-13-22(28(30)41-26)39-23(34)11-12-24(35)40-27(29(36)37)20-7-5-4-6-8-20;3-2(4,5)1-6;/h4-10,13,19,27-28,33,38H,11-12,14-17H2,1-3H3,(H,36,37);1H;1H4/t19-,27+,28+,30+,31-;;/m1../s1. The van der Waals surface area contributed by atoms with Crippen LogP contribution in [-0.2, 0) is 40.7 Å². The maximum atomic E-state index is 13.0. The Balaban J connectivity index is 0.000000818. The Bertz CT molecular complexity index is 1550. The van der Waals surface area contributed by atoms with Crippen LogP contribution in [0.15, 0.2) is 54.3 Å². The number of piperidine rings is 1. The number of aliphatic hydroxyl groups excluding tert-OH is 1. The van der Waals surface area contributed by atoms with Gasteiger partial charge in [0.25, 0.3) is 0 Å². The van der Waals surface area contributed by atoms with Crippen molar-refractivity contribution in [1.82, 2.24) is 4.90 Å².